The quantitative estimate of drug-likeness (QED) is 0.373. The van der Waals surface area contributed by atoms with Gasteiger partial charge >= 0.3 is 24.3 Å². The third-order valence-electron chi connectivity index (χ3n) is 7.25. The molecule has 2 aromatic heterocycles. The lowest BCUT2D eigenvalue weighted by atomic mass is 9.73. The van der Waals surface area contributed by atoms with Crippen molar-refractivity contribution in [1.29, 1.82) is 0 Å². The second-order valence-corrected chi connectivity index (χ2v) is 11.0. The highest BCUT2D eigenvalue weighted by molar-refractivity contribution is 5.90. The van der Waals surface area contributed by atoms with Gasteiger partial charge in [0.25, 0.3) is 5.91 Å². The fraction of sp³-hybridized carbons (Fsp3) is 0.630. The van der Waals surface area contributed by atoms with Crippen molar-refractivity contribution >= 4 is 17.8 Å². The van der Waals surface area contributed by atoms with Crippen molar-refractivity contribution in [3.05, 3.63) is 35.5 Å². The van der Waals surface area contributed by atoms with E-state index in [1.807, 2.05) is 6.07 Å². The van der Waals surface area contributed by atoms with Crippen molar-refractivity contribution in [2.75, 3.05) is 26.7 Å². The molecule has 252 valence electrons. The Morgan fingerprint density at radius 1 is 1.02 bits per heavy atom. The molecule has 0 unspecified atom stereocenters. The first-order chi connectivity index (χ1) is 20.9. The van der Waals surface area contributed by atoms with E-state index < -0.39 is 24.3 Å². The van der Waals surface area contributed by atoms with Gasteiger partial charge in [-0.05, 0) is 56.2 Å². The van der Waals surface area contributed by atoms with E-state index in [2.05, 4.69) is 49.9 Å². The van der Waals surface area contributed by atoms with Gasteiger partial charge in [0.2, 0.25) is 11.7 Å². The van der Waals surface area contributed by atoms with Crippen molar-refractivity contribution in [1.82, 2.24) is 30.0 Å². The number of hydrogen-bond donors (Lipinski definition) is 3. The number of rotatable bonds is 7. The van der Waals surface area contributed by atoms with Crippen molar-refractivity contribution < 1.29 is 55.7 Å². The smallest absolute Gasteiger partial charge is 0.481 e. The molecule has 0 atom stereocenters. The van der Waals surface area contributed by atoms with E-state index in [0.29, 0.717) is 24.2 Å². The summed E-state index contributed by atoms with van der Waals surface area (Å²) >= 11 is 0. The van der Waals surface area contributed by atoms with E-state index in [-0.39, 0.29) is 11.3 Å². The van der Waals surface area contributed by atoms with Crippen LogP contribution < -0.4 is 10.1 Å². The van der Waals surface area contributed by atoms with Crippen LogP contribution >= 0.6 is 0 Å². The molecule has 3 N–H and O–H groups in total. The second kappa shape index (κ2) is 15.9. The van der Waals surface area contributed by atoms with Crippen molar-refractivity contribution in [3.63, 3.8) is 0 Å². The normalized spacial score (nSPS) is 16.0. The molecule has 2 aromatic rings. The number of carbonyl (C=O) groups is 3. The van der Waals surface area contributed by atoms with E-state index in [9.17, 15) is 31.1 Å². The number of halogens is 6. The zero-order chi connectivity index (χ0) is 34.0. The van der Waals surface area contributed by atoms with Gasteiger partial charge in [-0.2, -0.15) is 26.3 Å². The maximum absolute atomic E-state index is 12.7. The number of hydrogen-bond acceptors (Lipinski definition) is 8. The van der Waals surface area contributed by atoms with Crippen LogP contribution in [0.2, 0.25) is 0 Å². The summed E-state index contributed by atoms with van der Waals surface area (Å²) in [5.74, 6) is -2.92. The molecule has 4 rings (SSSR count). The Kier molecular flexibility index (Phi) is 13.1. The lowest BCUT2D eigenvalue weighted by Crippen LogP contribution is -2.45. The predicted molar refractivity (Wildman–Crippen MR) is 145 cm³/mol. The molecule has 0 radical (unpaired) electrons. The number of fused-ring (bicyclic) bond motifs is 1. The van der Waals surface area contributed by atoms with Gasteiger partial charge < -0.3 is 24.8 Å². The number of carboxylic acids is 2. The zero-order valence-electron chi connectivity index (χ0n) is 24.9. The van der Waals surface area contributed by atoms with Gasteiger partial charge in [0.15, 0.2) is 0 Å². The number of methoxy groups -OCH3 is 1. The van der Waals surface area contributed by atoms with Crippen LogP contribution in [0.4, 0.5) is 26.3 Å². The van der Waals surface area contributed by atoms with Crippen molar-refractivity contribution in [2.45, 2.75) is 71.4 Å². The van der Waals surface area contributed by atoms with Crippen LogP contribution in [0.5, 0.6) is 5.88 Å². The van der Waals surface area contributed by atoms with Crippen LogP contribution in [0.15, 0.2) is 18.3 Å². The number of likely N-dealkylation sites (tertiary alicyclic amines) is 1. The minimum atomic E-state index is -5.08. The zero-order valence-corrected chi connectivity index (χ0v) is 24.9. The number of alkyl halides is 6. The van der Waals surface area contributed by atoms with Crippen LogP contribution in [-0.2, 0) is 29.1 Å². The summed E-state index contributed by atoms with van der Waals surface area (Å²) in [6.45, 7) is 8.76. The number of piperidine rings is 1. The highest BCUT2D eigenvalue weighted by Gasteiger charge is 2.40. The second-order valence-electron chi connectivity index (χ2n) is 11.0. The number of pyridine rings is 1. The van der Waals surface area contributed by atoms with E-state index in [1.54, 1.807) is 13.3 Å². The van der Waals surface area contributed by atoms with Crippen molar-refractivity contribution in [2.24, 2.45) is 11.3 Å². The van der Waals surface area contributed by atoms with E-state index in [4.69, 9.17) is 24.5 Å². The summed E-state index contributed by atoms with van der Waals surface area (Å²) in [6, 6.07) is 4.05. The summed E-state index contributed by atoms with van der Waals surface area (Å²) in [5, 5.41) is 25.8. The molecule has 1 spiro atoms. The molecule has 2 aliphatic heterocycles. The monoisotopic (exact) mass is 654 g/mol. The molecule has 1 amide bonds. The van der Waals surface area contributed by atoms with Gasteiger partial charge in [-0.25, -0.2) is 14.6 Å². The standard InChI is InChI=1S/C23H34N6O2.2C2HF3O2/c1-17(2)7-12-24-21(30)20-27-26-19-6-8-23(16-29(19)20)9-13-28(14-10-23)15-18-5-4-11-25-22(18)31-3;2*3-2(4,5)1(6)7/h4-5,11,17H,6-10,12-16H2,1-3H3,(H,24,30);2*(H,6,7). The minimum absolute atomic E-state index is 0.0995. The number of amides is 1. The van der Waals surface area contributed by atoms with Gasteiger partial charge in [-0.1, -0.05) is 19.9 Å². The van der Waals surface area contributed by atoms with Crippen LogP contribution in [0, 0.1) is 11.3 Å². The highest BCUT2D eigenvalue weighted by Crippen LogP contribution is 2.41. The maximum atomic E-state index is 12.7. The van der Waals surface area contributed by atoms with Gasteiger partial charge in [0.05, 0.1) is 7.11 Å². The molecule has 4 heterocycles. The Balaban J connectivity index is 0.000000421. The number of nitrogens with zero attached hydrogens (tertiary/aromatic N) is 5. The molecule has 0 saturated carbocycles. The molecule has 1 fully saturated rings. The molecular formula is C27H36F6N6O6. The average molecular weight is 655 g/mol. The fourth-order valence-electron chi connectivity index (χ4n) is 4.76. The Labute approximate surface area is 254 Å². The molecule has 1 saturated heterocycles. The van der Waals surface area contributed by atoms with Gasteiger partial charge in [-0.15, -0.1) is 10.2 Å². The third kappa shape index (κ3) is 11.5. The predicted octanol–water partition coefficient (Wildman–Crippen LogP) is 3.95. The number of carboxylic acid groups (broad SMARTS) is 2. The molecular weight excluding hydrogens is 618 g/mol. The van der Waals surface area contributed by atoms with E-state index >= 15 is 0 Å². The third-order valence-corrected chi connectivity index (χ3v) is 7.25. The minimum Gasteiger partial charge on any atom is -0.481 e. The van der Waals surface area contributed by atoms with Crippen LogP contribution in [0.25, 0.3) is 0 Å². The summed E-state index contributed by atoms with van der Waals surface area (Å²) < 4.78 is 71.0. The first-order valence-electron chi connectivity index (χ1n) is 13.9. The largest absolute Gasteiger partial charge is 0.490 e. The summed E-state index contributed by atoms with van der Waals surface area (Å²) in [7, 11) is 1.67. The first kappa shape index (κ1) is 37.2. The molecule has 18 heteroatoms. The highest BCUT2D eigenvalue weighted by atomic mass is 19.4. The van der Waals surface area contributed by atoms with E-state index in [1.165, 1.54) is 0 Å². The maximum Gasteiger partial charge on any atom is 0.490 e. The number of ether oxygens (including phenoxy) is 1. The molecule has 0 aliphatic carbocycles. The molecule has 2 aliphatic rings. The molecule has 0 aromatic carbocycles. The first-order valence-corrected chi connectivity index (χ1v) is 13.9. The number of carbonyl (C=O) groups excluding carboxylic acids is 1. The topological polar surface area (TPSA) is 160 Å². The van der Waals surface area contributed by atoms with Crippen LogP contribution in [0.1, 0.15) is 61.5 Å². The number of aliphatic carboxylic acids is 2. The van der Waals surface area contributed by atoms with Crippen LogP contribution in [-0.4, -0.2) is 91.8 Å². The van der Waals surface area contributed by atoms with Gasteiger partial charge in [0.1, 0.15) is 5.82 Å². The van der Waals surface area contributed by atoms with Gasteiger partial charge in [0, 0.05) is 37.8 Å². The summed E-state index contributed by atoms with van der Waals surface area (Å²) in [4.78, 5) is 37.3. The lowest BCUT2D eigenvalue weighted by Gasteiger charge is -2.44. The summed E-state index contributed by atoms with van der Waals surface area (Å²) in [6.07, 6.45) is -3.20. The van der Waals surface area contributed by atoms with E-state index in [0.717, 1.165) is 69.7 Å². The number of nitrogens with one attached hydrogen (secondary N) is 1. The molecule has 45 heavy (non-hydrogen) atoms. The SMILES string of the molecule is COc1ncccc1CN1CCC2(CCc3nnc(C(=O)NCCC(C)C)n3C2)CC1.O=C(O)C(F)(F)F.O=C(O)C(F)(F)F. The number of aromatic nitrogens is 4. The Bertz CT molecular complexity index is 1270. The van der Waals surface area contributed by atoms with Gasteiger partial charge in [-0.3, -0.25) is 9.69 Å². The molecule has 0 bridgehead atoms. The average Bonchev–Trinajstić information content (AvgIpc) is 3.37. The molecule has 12 nitrogen and oxygen atoms in total. The fourth-order valence-corrected chi connectivity index (χ4v) is 4.76. The van der Waals surface area contributed by atoms with Crippen LogP contribution in [0.3, 0.4) is 0 Å². The lowest BCUT2D eigenvalue weighted by molar-refractivity contribution is -0.193. The Morgan fingerprint density at radius 2 is 1.60 bits per heavy atom. The number of aryl methyl sites for hydroxylation is 1. The Morgan fingerprint density at radius 3 is 2.11 bits per heavy atom. The van der Waals surface area contributed by atoms with Crippen molar-refractivity contribution in [3.8, 4) is 5.88 Å². The Hall–Kier alpha value is -3.96. The summed E-state index contributed by atoms with van der Waals surface area (Å²) in [5.41, 5.74) is 1.35.